The van der Waals surface area contributed by atoms with Gasteiger partial charge in [0.15, 0.2) is 0 Å². The van der Waals surface area contributed by atoms with Gasteiger partial charge in [0.2, 0.25) is 0 Å². The molecule has 1 aromatic rings. The van der Waals surface area contributed by atoms with Crippen molar-refractivity contribution in [3.05, 3.63) is 29.3 Å². The second kappa shape index (κ2) is 8.02. The highest BCUT2D eigenvalue weighted by molar-refractivity contribution is 6.00. The van der Waals surface area contributed by atoms with Crippen LogP contribution in [0.25, 0.3) is 0 Å². The number of amides is 1. The number of nitrogens with two attached hydrogens (primary N) is 1. The molecule has 1 saturated heterocycles. The molecule has 1 aliphatic heterocycles. The lowest BCUT2D eigenvalue weighted by atomic mass is 9.83. The third-order valence-electron chi connectivity index (χ3n) is 5.63. The molecule has 1 aliphatic carbocycles. The van der Waals surface area contributed by atoms with Gasteiger partial charge in [-0.3, -0.25) is 4.79 Å². The van der Waals surface area contributed by atoms with Crippen LogP contribution in [-0.4, -0.2) is 31.6 Å². The predicted molar refractivity (Wildman–Crippen MR) is 99.5 cm³/mol. The van der Waals surface area contributed by atoms with Gasteiger partial charge in [-0.2, -0.15) is 0 Å². The van der Waals surface area contributed by atoms with E-state index in [1.165, 1.54) is 44.9 Å². The maximum atomic E-state index is 13.0. The zero-order valence-corrected chi connectivity index (χ0v) is 14.9. The summed E-state index contributed by atoms with van der Waals surface area (Å²) in [7, 11) is 0. The van der Waals surface area contributed by atoms with Crippen molar-refractivity contribution in [1.29, 1.82) is 0 Å². The van der Waals surface area contributed by atoms with Crippen molar-refractivity contribution in [2.75, 3.05) is 24.5 Å². The van der Waals surface area contributed by atoms with Crippen LogP contribution in [0.3, 0.4) is 0 Å². The Kier molecular flexibility index (Phi) is 5.77. The van der Waals surface area contributed by atoms with E-state index in [-0.39, 0.29) is 11.9 Å². The molecule has 0 bridgehead atoms. The number of aryl methyl sites for hydroxylation is 1. The average Bonchev–Trinajstić information content (AvgIpc) is 3.14. The quantitative estimate of drug-likeness (QED) is 0.872. The van der Waals surface area contributed by atoms with Gasteiger partial charge in [-0.05, 0) is 50.7 Å². The molecule has 1 amide bonds. The Morgan fingerprint density at radius 1 is 1.21 bits per heavy atom. The molecule has 24 heavy (non-hydrogen) atoms. The van der Waals surface area contributed by atoms with E-state index in [1.807, 2.05) is 13.0 Å². The Hall–Kier alpha value is -1.55. The van der Waals surface area contributed by atoms with E-state index in [1.54, 1.807) is 0 Å². The summed E-state index contributed by atoms with van der Waals surface area (Å²) >= 11 is 0. The van der Waals surface area contributed by atoms with Crippen molar-refractivity contribution in [2.45, 2.75) is 57.9 Å². The number of hydrogen-bond acceptors (Lipinski definition) is 3. The van der Waals surface area contributed by atoms with Crippen molar-refractivity contribution in [3.8, 4) is 0 Å². The van der Waals surface area contributed by atoms with Crippen molar-refractivity contribution in [1.82, 2.24) is 5.32 Å². The molecule has 1 unspecified atom stereocenters. The summed E-state index contributed by atoms with van der Waals surface area (Å²) in [5.74, 6) is 0.578. The standard InChI is InChI=1S/C20H31N3O/c1-15-9-10-19(23-11-5-6-12-23)17(13-15)20(24)22-18(14-21)16-7-3-2-4-8-16/h9-10,13,16,18H,2-8,11-12,14,21H2,1H3,(H,22,24). The van der Waals surface area contributed by atoms with E-state index >= 15 is 0 Å². The Balaban J connectivity index is 1.76. The van der Waals surface area contributed by atoms with E-state index in [4.69, 9.17) is 5.73 Å². The average molecular weight is 329 g/mol. The first-order valence-electron chi connectivity index (χ1n) is 9.55. The fourth-order valence-corrected chi connectivity index (χ4v) is 4.22. The Morgan fingerprint density at radius 3 is 2.58 bits per heavy atom. The largest absolute Gasteiger partial charge is 0.371 e. The zero-order chi connectivity index (χ0) is 16.9. The molecule has 0 spiro atoms. The van der Waals surface area contributed by atoms with Gasteiger partial charge in [0, 0.05) is 31.4 Å². The number of hydrogen-bond donors (Lipinski definition) is 2. The second-order valence-corrected chi connectivity index (χ2v) is 7.43. The molecule has 4 nitrogen and oxygen atoms in total. The fourth-order valence-electron chi connectivity index (χ4n) is 4.22. The Bertz CT molecular complexity index is 560. The highest BCUT2D eigenvalue weighted by atomic mass is 16.1. The molecular formula is C20H31N3O. The van der Waals surface area contributed by atoms with Crippen LogP contribution in [0.1, 0.15) is 60.9 Å². The van der Waals surface area contributed by atoms with E-state index in [9.17, 15) is 4.79 Å². The minimum atomic E-state index is 0.0432. The van der Waals surface area contributed by atoms with Gasteiger partial charge in [-0.1, -0.05) is 30.9 Å². The van der Waals surface area contributed by atoms with Gasteiger partial charge in [0.05, 0.1) is 5.56 Å². The second-order valence-electron chi connectivity index (χ2n) is 7.43. The van der Waals surface area contributed by atoms with Gasteiger partial charge >= 0.3 is 0 Å². The van der Waals surface area contributed by atoms with Crippen molar-refractivity contribution in [2.24, 2.45) is 11.7 Å². The maximum Gasteiger partial charge on any atom is 0.253 e. The molecule has 2 fully saturated rings. The predicted octanol–water partition coefficient (Wildman–Crippen LogP) is 3.23. The van der Waals surface area contributed by atoms with Crippen LogP contribution in [0.4, 0.5) is 5.69 Å². The van der Waals surface area contributed by atoms with Crippen LogP contribution in [-0.2, 0) is 0 Å². The molecule has 132 valence electrons. The van der Waals surface area contributed by atoms with Gasteiger partial charge in [0.25, 0.3) is 5.91 Å². The number of rotatable bonds is 5. The van der Waals surface area contributed by atoms with Crippen LogP contribution < -0.4 is 16.0 Å². The molecule has 4 heteroatoms. The monoisotopic (exact) mass is 329 g/mol. The molecule has 1 atom stereocenters. The maximum absolute atomic E-state index is 13.0. The smallest absolute Gasteiger partial charge is 0.253 e. The van der Waals surface area contributed by atoms with E-state index in [0.717, 1.165) is 29.9 Å². The Labute approximate surface area is 145 Å². The molecule has 2 aliphatic rings. The van der Waals surface area contributed by atoms with Gasteiger partial charge < -0.3 is 16.0 Å². The Morgan fingerprint density at radius 2 is 1.92 bits per heavy atom. The summed E-state index contributed by atoms with van der Waals surface area (Å²) in [6, 6.07) is 6.33. The number of carbonyl (C=O) groups excluding carboxylic acids is 1. The molecule has 1 aromatic carbocycles. The van der Waals surface area contributed by atoms with Gasteiger partial charge in [-0.25, -0.2) is 0 Å². The topological polar surface area (TPSA) is 58.4 Å². The number of benzene rings is 1. The van der Waals surface area contributed by atoms with Crippen LogP contribution in [0.2, 0.25) is 0 Å². The van der Waals surface area contributed by atoms with E-state index in [2.05, 4.69) is 22.3 Å². The van der Waals surface area contributed by atoms with Crippen LogP contribution >= 0.6 is 0 Å². The van der Waals surface area contributed by atoms with Crippen LogP contribution in [0.15, 0.2) is 18.2 Å². The minimum Gasteiger partial charge on any atom is -0.371 e. The molecule has 0 radical (unpaired) electrons. The zero-order valence-electron chi connectivity index (χ0n) is 14.9. The van der Waals surface area contributed by atoms with Crippen LogP contribution in [0.5, 0.6) is 0 Å². The lowest BCUT2D eigenvalue weighted by Gasteiger charge is -2.30. The van der Waals surface area contributed by atoms with Gasteiger partial charge in [-0.15, -0.1) is 0 Å². The van der Waals surface area contributed by atoms with E-state index in [0.29, 0.717) is 12.5 Å². The first-order valence-corrected chi connectivity index (χ1v) is 9.55. The molecule has 3 N–H and O–H groups in total. The van der Waals surface area contributed by atoms with Crippen LogP contribution in [0, 0.1) is 12.8 Å². The van der Waals surface area contributed by atoms with E-state index < -0.39 is 0 Å². The van der Waals surface area contributed by atoms with Crippen molar-refractivity contribution < 1.29 is 4.79 Å². The summed E-state index contributed by atoms with van der Waals surface area (Å²) in [5.41, 5.74) is 9.01. The fraction of sp³-hybridized carbons (Fsp3) is 0.650. The van der Waals surface area contributed by atoms with Gasteiger partial charge in [0.1, 0.15) is 0 Å². The lowest BCUT2D eigenvalue weighted by molar-refractivity contribution is 0.0916. The summed E-state index contributed by atoms with van der Waals surface area (Å²) in [6.07, 6.45) is 8.65. The first-order chi connectivity index (χ1) is 11.7. The number of anilines is 1. The SMILES string of the molecule is Cc1ccc(N2CCCC2)c(C(=O)NC(CN)C2CCCCC2)c1. The number of carbonyl (C=O) groups is 1. The molecule has 1 heterocycles. The molecular weight excluding hydrogens is 298 g/mol. The van der Waals surface area contributed by atoms with Crippen molar-refractivity contribution >= 4 is 11.6 Å². The summed E-state index contributed by atoms with van der Waals surface area (Å²) in [6.45, 7) is 4.67. The highest BCUT2D eigenvalue weighted by Gasteiger charge is 2.26. The minimum absolute atomic E-state index is 0.0432. The summed E-state index contributed by atoms with van der Waals surface area (Å²) in [5, 5.41) is 3.25. The highest BCUT2D eigenvalue weighted by Crippen LogP contribution is 2.28. The molecule has 1 saturated carbocycles. The number of nitrogens with zero attached hydrogens (tertiary/aromatic N) is 1. The third-order valence-corrected chi connectivity index (χ3v) is 5.63. The molecule has 0 aromatic heterocycles. The third kappa shape index (κ3) is 3.92. The molecule has 3 rings (SSSR count). The summed E-state index contributed by atoms with van der Waals surface area (Å²) < 4.78 is 0. The number of nitrogens with one attached hydrogen (secondary N) is 1. The lowest BCUT2D eigenvalue weighted by Crippen LogP contribution is -2.46. The first kappa shape index (κ1) is 17.3. The normalized spacial score (nSPS) is 20.2. The van der Waals surface area contributed by atoms with Crippen molar-refractivity contribution in [3.63, 3.8) is 0 Å². The summed E-state index contributed by atoms with van der Waals surface area (Å²) in [4.78, 5) is 15.3.